The van der Waals surface area contributed by atoms with Crippen LogP contribution in [-0.4, -0.2) is 165 Å². The summed E-state index contributed by atoms with van der Waals surface area (Å²) in [4.78, 5) is 53.0. The van der Waals surface area contributed by atoms with E-state index >= 15 is 0 Å². The summed E-state index contributed by atoms with van der Waals surface area (Å²) in [6.45, 7) is 10.6. The minimum absolute atomic E-state index is 0. The van der Waals surface area contributed by atoms with Gasteiger partial charge in [-0.3, -0.25) is 29.7 Å². The van der Waals surface area contributed by atoms with E-state index in [9.17, 15) is 9.59 Å². The van der Waals surface area contributed by atoms with Crippen LogP contribution in [0.25, 0.3) is 21.9 Å². The molecule has 2 aromatic carbocycles. The Morgan fingerprint density at radius 3 is 1.16 bits per heavy atom. The lowest BCUT2D eigenvalue weighted by Gasteiger charge is -2.34. The summed E-state index contributed by atoms with van der Waals surface area (Å²) in [5.41, 5.74) is 11.3. The minimum Gasteiger partial charge on any atom is -0.493 e. The van der Waals surface area contributed by atoms with Gasteiger partial charge in [-0.05, 0) is 304 Å². The third-order valence-corrected chi connectivity index (χ3v) is 23.9. The van der Waals surface area contributed by atoms with Gasteiger partial charge in [0.15, 0.2) is 11.2 Å². The van der Waals surface area contributed by atoms with Crippen molar-refractivity contribution >= 4 is 59.0 Å². The normalized spacial score (nSPS) is 19.6. The van der Waals surface area contributed by atoms with Crippen LogP contribution in [0, 0.1) is 23.7 Å². The molecule has 21 heteroatoms. The Morgan fingerprint density at radius 1 is 0.481 bits per heavy atom. The van der Waals surface area contributed by atoms with Crippen LogP contribution in [0.3, 0.4) is 0 Å². The molecule has 0 amide bonds. The van der Waals surface area contributed by atoms with E-state index in [0.29, 0.717) is 16.5 Å². The molecule has 9 aliphatic rings. The van der Waals surface area contributed by atoms with E-state index in [2.05, 4.69) is 132 Å². The molecular weight excluding hydrogens is 1400 g/mol. The lowest BCUT2D eigenvalue weighted by molar-refractivity contribution is -0.140. The van der Waals surface area contributed by atoms with E-state index in [0.717, 1.165) is 175 Å². The highest BCUT2D eigenvalue weighted by molar-refractivity contribution is 5.86. The second-order valence-corrected chi connectivity index (χ2v) is 32.8. The van der Waals surface area contributed by atoms with E-state index in [1.807, 2.05) is 67.0 Å². The van der Waals surface area contributed by atoms with E-state index in [-0.39, 0.29) is 42.3 Å². The molecule has 0 unspecified atom stereocenters. The smallest absolute Gasteiger partial charge is 0.315 e. The predicted molar refractivity (Wildman–Crippen MR) is 425 cm³/mol. The summed E-state index contributed by atoms with van der Waals surface area (Å²) in [5.74, 6) is 4.15. The number of carboxylic acid groups (broad SMARTS) is 1. The standard InChI is InChI=1S/2C30H40N4O2.C9H9NO2.C9H11NO.C9H9NO.2ClH/c2*1-33(2)19-25-27(35-20-23-6-7-23)11-9-24-26(32-36-29(24)25)10-8-22-12-17-34(18-13-22)21-30(14-15-30)28-5-3-4-16-31-28;11-8(12)9(4-5-9)7-3-1-2-6-10-7;2*11-7-9(4-5-9)8-3-1-2-6-10-8;;/h2*3-5,9,11,16,22-23H,6-8,10,12-15,17-21H2,1-2H3;1-3,6H,4-5H2,(H,11,12);1-3,6,11H,4-5,7H2;1-3,6-7H,4-5H2;2*1H. The van der Waals surface area contributed by atoms with Gasteiger partial charge in [-0.25, -0.2) is 0 Å². The summed E-state index contributed by atoms with van der Waals surface area (Å²) < 4.78 is 24.2. The number of carboxylic acids is 1. The van der Waals surface area contributed by atoms with Crippen LogP contribution in [0.5, 0.6) is 11.5 Å². The highest BCUT2D eigenvalue weighted by Crippen LogP contribution is 2.51. The average Bonchev–Trinajstić information content (AvgIpc) is 1.60. The molecular formula is C87H111Cl2N11O8. The fourth-order valence-corrected chi connectivity index (χ4v) is 15.7. The Bertz CT molecular complexity index is 4120. The number of aldehydes is 1. The summed E-state index contributed by atoms with van der Waals surface area (Å²) >= 11 is 0. The summed E-state index contributed by atoms with van der Waals surface area (Å²) in [7, 11) is 8.37. The number of aliphatic carboxylic acids is 1. The van der Waals surface area contributed by atoms with Crippen LogP contribution in [0.15, 0.2) is 155 Å². The van der Waals surface area contributed by atoms with Crippen molar-refractivity contribution in [1.82, 2.24) is 54.8 Å². The molecule has 2 N–H and O–H groups in total. The largest absolute Gasteiger partial charge is 0.493 e. The first-order valence-corrected chi connectivity index (χ1v) is 39.4. The zero-order chi connectivity index (χ0) is 73.1. The SMILES string of the molecule is CN(C)Cc1c(OCC2CC2)ccc2c(CCC3CCN(CC4(c5ccccn5)CC4)CC3)noc12.CN(C)Cc1c(OCC2CC2)ccc2c(CCC3CCN(CC4(c5ccccn5)CC4)CC3)noc12.Cl.Cl.O=C(O)C1(c2ccccn2)CC1.O=CC1(c2ccccn2)CC1.OCC1(c2ccccn2)CC1. The molecule has 2 aliphatic heterocycles. The topological polar surface area (TPSA) is 223 Å². The number of hydrogen-bond acceptors (Lipinski definition) is 18. The maximum Gasteiger partial charge on any atom is 0.315 e. The van der Waals surface area contributed by atoms with Gasteiger partial charge < -0.3 is 53.1 Å². The fourth-order valence-electron chi connectivity index (χ4n) is 15.7. The van der Waals surface area contributed by atoms with Crippen LogP contribution in [0.1, 0.15) is 179 Å². The first-order chi connectivity index (χ1) is 51.7. The molecule has 0 bridgehead atoms. The van der Waals surface area contributed by atoms with E-state index < -0.39 is 11.4 Å². The molecule has 0 atom stereocenters. The molecule has 9 aromatic rings. The highest BCUT2D eigenvalue weighted by atomic mass is 35.5. The molecule has 18 rings (SSSR count). The molecule has 7 aliphatic carbocycles. The number of carbonyl (C=O) groups excluding carboxylic acids is 1. The van der Waals surface area contributed by atoms with Gasteiger partial charge in [0.1, 0.15) is 23.2 Å². The van der Waals surface area contributed by atoms with Crippen molar-refractivity contribution in [2.75, 3.05) is 87.3 Å². The van der Waals surface area contributed by atoms with Crippen molar-refractivity contribution in [2.45, 2.75) is 181 Å². The number of aliphatic hydroxyl groups is 1. The average molecular weight is 1510 g/mol. The summed E-state index contributed by atoms with van der Waals surface area (Å²) in [6, 6.07) is 38.3. The number of hydrogen-bond donors (Lipinski definition) is 2. The number of halogens is 2. The Hall–Kier alpha value is -7.75. The molecule has 576 valence electrons. The van der Waals surface area contributed by atoms with Crippen LogP contribution >= 0.6 is 24.8 Å². The van der Waals surface area contributed by atoms with Crippen molar-refractivity contribution in [3.05, 3.63) is 197 Å². The van der Waals surface area contributed by atoms with Gasteiger partial charge in [0.25, 0.3) is 0 Å². The number of aromatic nitrogens is 7. The number of nitrogens with zero attached hydrogens (tertiary/aromatic N) is 11. The molecule has 0 spiro atoms. The quantitative estimate of drug-likeness (QED) is 0.0435. The third-order valence-electron chi connectivity index (χ3n) is 23.9. The number of carbonyl (C=O) groups is 2. The van der Waals surface area contributed by atoms with E-state index in [1.54, 1.807) is 30.7 Å². The molecule has 7 aromatic heterocycles. The Labute approximate surface area is 649 Å². The van der Waals surface area contributed by atoms with Crippen LogP contribution in [0.2, 0.25) is 0 Å². The van der Waals surface area contributed by atoms with Gasteiger partial charge in [0.2, 0.25) is 0 Å². The number of aliphatic hydroxyl groups excluding tert-OH is 1. The van der Waals surface area contributed by atoms with Crippen LogP contribution < -0.4 is 9.47 Å². The summed E-state index contributed by atoms with van der Waals surface area (Å²) in [6.07, 6.45) is 35.4. The zero-order valence-electron chi connectivity index (χ0n) is 63.7. The lowest BCUT2D eigenvalue weighted by Crippen LogP contribution is -2.39. The second-order valence-electron chi connectivity index (χ2n) is 32.8. The second kappa shape index (κ2) is 35.9. The molecule has 9 heterocycles. The van der Waals surface area contributed by atoms with Gasteiger partial charge in [-0.2, -0.15) is 0 Å². The fraction of sp³-hybridized carbons (Fsp3) is 0.529. The molecule has 108 heavy (non-hydrogen) atoms. The zero-order valence-corrected chi connectivity index (χ0v) is 65.3. The first kappa shape index (κ1) is 79.8. The van der Waals surface area contributed by atoms with Gasteiger partial charge in [0, 0.05) is 101 Å². The molecule has 2 saturated heterocycles. The van der Waals surface area contributed by atoms with E-state index in [4.69, 9.17) is 28.7 Å². The molecule has 7 saturated carbocycles. The number of pyridine rings is 5. The molecule has 0 radical (unpaired) electrons. The van der Waals surface area contributed by atoms with Crippen LogP contribution in [0.4, 0.5) is 0 Å². The summed E-state index contributed by atoms with van der Waals surface area (Å²) in [5, 5.41) is 29.4. The van der Waals surface area contributed by atoms with Crippen molar-refractivity contribution in [3.8, 4) is 11.5 Å². The maximum atomic E-state index is 10.8. The minimum atomic E-state index is -0.749. The number of rotatable bonds is 28. The van der Waals surface area contributed by atoms with Crippen molar-refractivity contribution in [2.24, 2.45) is 23.7 Å². The van der Waals surface area contributed by atoms with Gasteiger partial charge in [-0.15, -0.1) is 24.8 Å². The monoisotopic (exact) mass is 1510 g/mol. The van der Waals surface area contributed by atoms with Crippen molar-refractivity contribution in [3.63, 3.8) is 0 Å². The van der Waals surface area contributed by atoms with Gasteiger partial charge in [0.05, 0.1) is 59.1 Å². The van der Waals surface area contributed by atoms with E-state index in [1.165, 1.54) is 141 Å². The van der Waals surface area contributed by atoms with Crippen molar-refractivity contribution < 1.29 is 38.3 Å². The molecule has 9 fully saturated rings. The third kappa shape index (κ3) is 20.1. The number of likely N-dealkylation sites (tertiary alicyclic amines) is 2. The van der Waals surface area contributed by atoms with Crippen LogP contribution in [-0.2, 0) is 62.6 Å². The van der Waals surface area contributed by atoms with Crippen molar-refractivity contribution in [1.29, 1.82) is 0 Å². The number of aryl methyl sites for hydroxylation is 2. The van der Waals surface area contributed by atoms with Gasteiger partial charge >= 0.3 is 5.97 Å². The molecule has 19 nitrogen and oxygen atoms in total. The Balaban J connectivity index is 0.000000139. The highest BCUT2D eigenvalue weighted by Gasteiger charge is 2.53. The Morgan fingerprint density at radius 2 is 0.852 bits per heavy atom. The number of ether oxygens (including phenoxy) is 2. The van der Waals surface area contributed by atoms with Gasteiger partial charge in [-0.1, -0.05) is 40.6 Å². The number of piperidine rings is 2. The number of benzene rings is 2. The number of fused-ring (bicyclic) bond motifs is 2. The first-order valence-electron chi connectivity index (χ1n) is 39.4. The Kier molecular flexibility index (Phi) is 26.6. The lowest BCUT2D eigenvalue weighted by atomic mass is 9.90. The maximum absolute atomic E-state index is 10.8. The predicted octanol–water partition coefficient (Wildman–Crippen LogP) is 15.4.